The Labute approximate surface area is 151 Å². The van der Waals surface area contributed by atoms with Crippen molar-refractivity contribution in [2.45, 2.75) is 53.6 Å². The van der Waals surface area contributed by atoms with E-state index in [-0.39, 0.29) is 31.0 Å². The Balaban J connectivity index is 2.75. The first-order valence-corrected chi connectivity index (χ1v) is 9.10. The molecule has 0 fully saturated rings. The molecule has 1 rings (SSSR count). The molecule has 0 aliphatic rings. The normalized spacial score (nSPS) is 11.0. The summed E-state index contributed by atoms with van der Waals surface area (Å²) in [7, 11) is 0. The lowest BCUT2D eigenvalue weighted by Crippen LogP contribution is -2.45. The maximum Gasteiger partial charge on any atom is 0.320 e. The van der Waals surface area contributed by atoms with Crippen LogP contribution in [0.15, 0.2) is 24.3 Å². The topological polar surface area (TPSA) is 49.9 Å². The van der Waals surface area contributed by atoms with Gasteiger partial charge >= 0.3 is 5.97 Å². The van der Waals surface area contributed by atoms with Crippen molar-refractivity contribution in [2.24, 2.45) is 0 Å². The van der Waals surface area contributed by atoms with E-state index in [0.29, 0.717) is 19.7 Å². The number of carbonyl (C=O) groups excluding carboxylic acids is 2. The van der Waals surface area contributed by atoms with Crippen LogP contribution in [0.3, 0.4) is 0 Å². The third kappa shape index (κ3) is 7.69. The van der Waals surface area contributed by atoms with Crippen LogP contribution in [0.25, 0.3) is 0 Å². The standard InChI is InChI=1S/C20H32N2O3/c1-6-12-21(13-18-10-8-17(5)9-11-18)19(23)14-22(16(3)4)15-20(24)25-7-2/h8-11,16H,6-7,12-15H2,1-5H3. The number of carbonyl (C=O) groups is 2. The number of hydrogen-bond acceptors (Lipinski definition) is 4. The highest BCUT2D eigenvalue weighted by Gasteiger charge is 2.21. The van der Waals surface area contributed by atoms with Crippen LogP contribution in [0.1, 0.15) is 45.2 Å². The van der Waals surface area contributed by atoms with Crippen molar-refractivity contribution in [3.8, 4) is 0 Å². The fraction of sp³-hybridized carbons (Fsp3) is 0.600. The van der Waals surface area contributed by atoms with Crippen LogP contribution in [0.2, 0.25) is 0 Å². The third-order valence-corrected chi connectivity index (χ3v) is 4.05. The van der Waals surface area contributed by atoms with Crippen molar-refractivity contribution in [1.82, 2.24) is 9.80 Å². The molecule has 5 heteroatoms. The van der Waals surface area contributed by atoms with Gasteiger partial charge in [0.15, 0.2) is 0 Å². The molecular formula is C20H32N2O3. The van der Waals surface area contributed by atoms with Crippen molar-refractivity contribution >= 4 is 11.9 Å². The van der Waals surface area contributed by atoms with Crippen LogP contribution >= 0.6 is 0 Å². The van der Waals surface area contributed by atoms with Gasteiger partial charge in [0.2, 0.25) is 5.91 Å². The Morgan fingerprint density at radius 2 is 1.72 bits per heavy atom. The predicted octanol–water partition coefficient (Wildman–Crippen LogP) is 3.01. The Kier molecular flexibility index (Phi) is 9.21. The SMILES string of the molecule is CCCN(Cc1ccc(C)cc1)C(=O)CN(CC(=O)OCC)C(C)C. The molecule has 0 saturated heterocycles. The molecule has 0 heterocycles. The molecular weight excluding hydrogens is 316 g/mol. The van der Waals surface area contributed by atoms with Crippen LogP contribution in [0.5, 0.6) is 0 Å². The van der Waals surface area contributed by atoms with Gasteiger partial charge in [-0.3, -0.25) is 14.5 Å². The molecule has 25 heavy (non-hydrogen) atoms. The molecule has 0 atom stereocenters. The van der Waals surface area contributed by atoms with Crippen LogP contribution in [0.4, 0.5) is 0 Å². The second kappa shape index (κ2) is 10.9. The number of nitrogens with zero attached hydrogens (tertiary/aromatic N) is 2. The van der Waals surface area contributed by atoms with E-state index in [4.69, 9.17) is 4.74 Å². The van der Waals surface area contributed by atoms with E-state index in [2.05, 4.69) is 38.1 Å². The molecule has 0 radical (unpaired) electrons. The van der Waals surface area contributed by atoms with Crippen molar-refractivity contribution in [3.63, 3.8) is 0 Å². The first kappa shape index (κ1) is 21.2. The zero-order valence-electron chi connectivity index (χ0n) is 16.2. The van der Waals surface area contributed by atoms with E-state index in [0.717, 1.165) is 12.0 Å². The van der Waals surface area contributed by atoms with Gasteiger partial charge in [-0.1, -0.05) is 36.8 Å². The minimum Gasteiger partial charge on any atom is -0.465 e. The maximum atomic E-state index is 12.8. The fourth-order valence-corrected chi connectivity index (χ4v) is 2.54. The molecule has 0 N–H and O–H groups in total. The van der Waals surface area contributed by atoms with E-state index in [1.165, 1.54) is 5.56 Å². The monoisotopic (exact) mass is 348 g/mol. The van der Waals surface area contributed by atoms with Gasteiger partial charge in [0.1, 0.15) is 0 Å². The summed E-state index contributed by atoms with van der Waals surface area (Å²) in [6.45, 7) is 11.9. The molecule has 0 unspecified atom stereocenters. The lowest BCUT2D eigenvalue weighted by Gasteiger charge is -2.29. The lowest BCUT2D eigenvalue weighted by atomic mass is 10.1. The Morgan fingerprint density at radius 1 is 1.08 bits per heavy atom. The zero-order valence-corrected chi connectivity index (χ0v) is 16.2. The first-order chi connectivity index (χ1) is 11.9. The van der Waals surface area contributed by atoms with Gasteiger partial charge in [0, 0.05) is 19.1 Å². The summed E-state index contributed by atoms with van der Waals surface area (Å²) in [5.41, 5.74) is 2.33. The summed E-state index contributed by atoms with van der Waals surface area (Å²) < 4.78 is 5.01. The molecule has 1 aromatic carbocycles. The largest absolute Gasteiger partial charge is 0.465 e. The molecule has 140 valence electrons. The van der Waals surface area contributed by atoms with Crippen molar-refractivity contribution < 1.29 is 14.3 Å². The smallest absolute Gasteiger partial charge is 0.320 e. The number of benzene rings is 1. The number of rotatable bonds is 10. The van der Waals surface area contributed by atoms with Gasteiger partial charge in [0.25, 0.3) is 0 Å². The van der Waals surface area contributed by atoms with Crippen molar-refractivity contribution in [2.75, 3.05) is 26.2 Å². The zero-order chi connectivity index (χ0) is 18.8. The summed E-state index contributed by atoms with van der Waals surface area (Å²) in [6, 6.07) is 8.33. The molecule has 0 aliphatic heterocycles. The van der Waals surface area contributed by atoms with E-state index in [9.17, 15) is 9.59 Å². The summed E-state index contributed by atoms with van der Waals surface area (Å²) in [5.74, 6) is -0.245. The summed E-state index contributed by atoms with van der Waals surface area (Å²) >= 11 is 0. The maximum absolute atomic E-state index is 12.8. The average molecular weight is 348 g/mol. The van der Waals surface area contributed by atoms with Crippen LogP contribution in [-0.4, -0.2) is 54.0 Å². The molecule has 1 amide bonds. The second-order valence-electron chi connectivity index (χ2n) is 6.60. The van der Waals surface area contributed by atoms with Gasteiger partial charge in [-0.05, 0) is 39.7 Å². The highest BCUT2D eigenvalue weighted by molar-refractivity contribution is 5.79. The van der Waals surface area contributed by atoms with Crippen molar-refractivity contribution in [1.29, 1.82) is 0 Å². The number of amides is 1. The molecule has 0 aromatic heterocycles. The van der Waals surface area contributed by atoms with Crippen molar-refractivity contribution in [3.05, 3.63) is 35.4 Å². The Morgan fingerprint density at radius 3 is 2.24 bits per heavy atom. The average Bonchev–Trinajstić information content (AvgIpc) is 2.55. The minimum absolute atomic E-state index is 0.0421. The highest BCUT2D eigenvalue weighted by Crippen LogP contribution is 2.09. The molecule has 0 saturated carbocycles. The summed E-state index contributed by atoms with van der Waals surface area (Å²) in [4.78, 5) is 28.3. The van der Waals surface area contributed by atoms with Crippen LogP contribution in [-0.2, 0) is 20.9 Å². The van der Waals surface area contributed by atoms with Crippen LogP contribution in [0, 0.1) is 6.92 Å². The van der Waals surface area contributed by atoms with Gasteiger partial charge in [-0.25, -0.2) is 0 Å². The first-order valence-electron chi connectivity index (χ1n) is 9.10. The predicted molar refractivity (Wildman–Crippen MR) is 100 cm³/mol. The molecule has 0 aliphatic carbocycles. The number of aryl methyl sites for hydroxylation is 1. The fourth-order valence-electron chi connectivity index (χ4n) is 2.54. The van der Waals surface area contributed by atoms with E-state index in [1.54, 1.807) is 6.92 Å². The van der Waals surface area contributed by atoms with Gasteiger partial charge in [-0.2, -0.15) is 0 Å². The molecule has 0 bridgehead atoms. The van der Waals surface area contributed by atoms with Gasteiger partial charge in [0.05, 0.1) is 19.7 Å². The van der Waals surface area contributed by atoms with E-state index >= 15 is 0 Å². The van der Waals surface area contributed by atoms with Gasteiger partial charge in [-0.15, -0.1) is 0 Å². The highest BCUT2D eigenvalue weighted by atomic mass is 16.5. The van der Waals surface area contributed by atoms with Crippen LogP contribution < -0.4 is 0 Å². The lowest BCUT2D eigenvalue weighted by molar-refractivity contribution is -0.146. The Hall–Kier alpha value is -1.88. The Bertz CT molecular complexity index is 540. The number of esters is 1. The summed E-state index contributed by atoms with van der Waals surface area (Å²) in [6.07, 6.45) is 0.900. The summed E-state index contributed by atoms with van der Waals surface area (Å²) in [5, 5.41) is 0. The minimum atomic E-state index is -0.287. The quantitative estimate of drug-likeness (QED) is 0.610. The molecule has 5 nitrogen and oxygen atoms in total. The second-order valence-corrected chi connectivity index (χ2v) is 6.60. The number of ether oxygens (including phenoxy) is 1. The number of hydrogen-bond donors (Lipinski definition) is 0. The molecule has 0 spiro atoms. The third-order valence-electron chi connectivity index (χ3n) is 4.05. The molecule has 1 aromatic rings. The van der Waals surface area contributed by atoms with E-state index < -0.39 is 0 Å². The van der Waals surface area contributed by atoms with Gasteiger partial charge < -0.3 is 9.64 Å². The van der Waals surface area contributed by atoms with E-state index in [1.807, 2.05) is 23.6 Å².